The summed E-state index contributed by atoms with van der Waals surface area (Å²) in [6.45, 7) is 3.32. The average Bonchev–Trinajstić information content (AvgIpc) is 2.77. The van der Waals surface area contributed by atoms with Crippen molar-refractivity contribution >= 4 is 46.7 Å². The summed E-state index contributed by atoms with van der Waals surface area (Å²) in [4.78, 5) is 23.8. The number of hydrogen-bond donors (Lipinski definition) is 2. The molecule has 2 unspecified atom stereocenters. The molecular formula is C25H21Cl3FNO4. The summed E-state index contributed by atoms with van der Waals surface area (Å²) in [5, 5.41) is 13.0. The molecule has 34 heavy (non-hydrogen) atoms. The predicted molar refractivity (Wildman–Crippen MR) is 131 cm³/mol. The fourth-order valence-electron chi connectivity index (χ4n) is 3.27. The molecule has 5 nitrogen and oxygen atoms in total. The Balaban J connectivity index is 1.92. The van der Waals surface area contributed by atoms with E-state index in [2.05, 4.69) is 5.32 Å². The van der Waals surface area contributed by atoms with Gasteiger partial charge in [-0.3, -0.25) is 4.79 Å². The lowest BCUT2D eigenvalue weighted by Crippen LogP contribution is -2.44. The zero-order valence-corrected chi connectivity index (χ0v) is 20.5. The molecule has 3 rings (SSSR count). The van der Waals surface area contributed by atoms with Gasteiger partial charge in [0.05, 0.1) is 0 Å². The van der Waals surface area contributed by atoms with E-state index in [4.69, 9.17) is 39.5 Å². The first-order chi connectivity index (χ1) is 16.1. The fourth-order valence-corrected chi connectivity index (χ4v) is 3.90. The normalized spacial score (nSPS) is 12.8. The molecule has 0 aliphatic rings. The molecule has 0 bridgehead atoms. The summed E-state index contributed by atoms with van der Waals surface area (Å²) < 4.78 is 21.0. The van der Waals surface area contributed by atoms with E-state index in [1.54, 1.807) is 56.3 Å². The van der Waals surface area contributed by atoms with E-state index in [9.17, 15) is 19.1 Å². The number of carbonyl (C=O) groups is 2. The lowest BCUT2D eigenvalue weighted by Gasteiger charge is -2.22. The molecule has 3 aromatic carbocycles. The van der Waals surface area contributed by atoms with Crippen LogP contribution in [0.1, 0.15) is 41.4 Å². The number of benzene rings is 3. The topological polar surface area (TPSA) is 75.6 Å². The van der Waals surface area contributed by atoms with Crippen LogP contribution in [0.3, 0.4) is 0 Å². The summed E-state index contributed by atoms with van der Waals surface area (Å²) >= 11 is 18.4. The fraction of sp³-hybridized carbons (Fsp3) is 0.200. The number of amides is 1. The third-order valence-electron chi connectivity index (χ3n) is 5.08. The van der Waals surface area contributed by atoms with Crippen LogP contribution in [0.25, 0.3) is 0 Å². The van der Waals surface area contributed by atoms with Gasteiger partial charge in [-0.25, -0.2) is 9.18 Å². The van der Waals surface area contributed by atoms with Crippen molar-refractivity contribution in [1.82, 2.24) is 5.32 Å². The quantitative estimate of drug-likeness (QED) is 0.340. The van der Waals surface area contributed by atoms with Crippen molar-refractivity contribution in [2.45, 2.75) is 26.0 Å². The number of hydrogen-bond acceptors (Lipinski definition) is 3. The first kappa shape index (κ1) is 25.8. The summed E-state index contributed by atoms with van der Waals surface area (Å²) in [5.74, 6) is -3.15. The maximum Gasteiger partial charge on any atom is 0.326 e. The minimum atomic E-state index is -1.17. The molecule has 2 atom stereocenters. The molecule has 0 saturated carbocycles. The highest BCUT2D eigenvalue weighted by atomic mass is 35.5. The Labute approximate surface area is 211 Å². The third kappa shape index (κ3) is 6.20. The van der Waals surface area contributed by atoms with Crippen LogP contribution in [-0.4, -0.2) is 23.0 Å². The maximum atomic E-state index is 15.0. The smallest absolute Gasteiger partial charge is 0.326 e. The van der Waals surface area contributed by atoms with Crippen molar-refractivity contribution in [3.63, 3.8) is 0 Å². The first-order valence-corrected chi connectivity index (χ1v) is 11.4. The van der Waals surface area contributed by atoms with Gasteiger partial charge in [0.2, 0.25) is 0 Å². The van der Waals surface area contributed by atoms with Gasteiger partial charge in [-0.1, -0.05) is 66.8 Å². The van der Waals surface area contributed by atoms with Gasteiger partial charge in [-0.15, -0.1) is 0 Å². The number of halogens is 4. The molecule has 0 heterocycles. The van der Waals surface area contributed by atoms with Crippen LogP contribution in [0.5, 0.6) is 5.75 Å². The summed E-state index contributed by atoms with van der Waals surface area (Å²) in [6, 6.07) is 14.3. The number of nitrogens with one attached hydrogen (secondary N) is 1. The highest BCUT2D eigenvalue weighted by Crippen LogP contribution is 2.35. The molecule has 0 saturated heterocycles. The minimum Gasteiger partial charge on any atom is -0.480 e. The van der Waals surface area contributed by atoms with Crippen LogP contribution in [0.2, 0.25) is 15.1 Å². The van der Waals surface area contributed by atoms with E-state index >= 15 is 0 Å². The van der Waals surface area contributed by atoms with Gasteiger partial charge in [-0.2, -0.15) is 0 Å². The Morgan fingerprint density at radius 1 is 0.941 bits per heavy atom. The van der Waals surface area contributed by atoms with Gasteiger partial charge in [0.1, 0.15) is 6.04 Å². The van der Waals surface area contributed by atoms with Crippen molar-refractivity contribution in [3.05, 3.63) is 98.2 Å². The number of ether oxygens (including phenoxy) is 1. The molecule has 9 heteroatoms. The maximum absolute atomic E-state index is 15.0. The number of carboxylic acids is 1. The summed E-state index contributed by atoms with van der Waals surface area (Å²) in [6.07, 6.45) is -0.798. The van der Waals surface area contributed by atoms with Crippen molar-refractivity contribution in [3.8, 4) is 5.75 Å². The van der Waals surface area contributed by atoms with E-state index in [1.165, 1.54) is 12.1 Å². The second-order valence-corrected chi connectivity index (χ2v) is 9.17. The van der Waals surface area contributed by atoms with Gasteiger partial charge in [0.15, 0.2) is 17.7 Å². The Bertz CT molecular complexity index is 1200. The van der Waals surface area contributed by atoms with Crippen molar-refractivity contribution in [1.29, 1.82) is 0 Å². The van der Waals surface area contributed by atoms with Crippen LogP contribution in [0.4, 0.5) is 4.39 Å². The summed E-state index contributed by atoms with van der Waals surface area (Å²) in [5.41, 5.74) is 1.18. The molecule has 0 fully saturated rings. The van der Waals surface area contributed by atoms with Gasteiger partial charge in [0.25, 0.3) is 5.91 Å². The van der Waals surface area contributed by atoms with Gasteiger partial charge in [0, 0.05) is 26.2 Å². The molecule has 178 valence electrons. The van der Waals surface area contributed by atoms with Crippen LogP contribution in [0.15, 0.2) is 60.7 Å². The Hall–Kier alpha value is -2.80. The molecular weight excluding hydrogens is 504 g/mol. The van der Waals surface area contributed by atoms with E-state index in [0.717, 1.165) is 6.07 Å². The zero-order valence-electron chi connectivity index (χ0n) is 18.2. The van der Waals surface area contributed by atoms with Crippen LogP contribution in [0, 0.1) is 11.7 Å². The lowest BCUT2D eigenvalue weighted by molar-refractivity contribution is -0.140. The van der Waals surface area contributed by atoms with Gasteiger partial charge >= 0.3 is 5.97 Å². The molecule has 0 aliphatic carbocycles. The van der Waals surface area contributed by atoms with Crippen molar-refractivity contribution < 1.29 is 23.8 Å². The first-order valence-electron chi connectivity index (χ1n) is 10.3. The number of carbonyl (C=O) groups excluding carboxylic acids is 1. The van der Waals surface area contributed by atoms with E-state index < -0.39 is 29.8 Å². The second kappa shape index (κ2) is 11.1. The van der Waals surface area contributed by atoms with Crippen LogP contribution in [-0.2, 0) is 4.79 Å². The van der Waals surface area contributed by atoms with E-state index in [1.807, 2.05) is 0 Å². The number of rotatable bonds is 8. The number of aliphatic carboxylic acids is 1. The van der Waals surface area contributed by atoms with Crippen LogP contribution < -0.4 is 10.1 Å². The average molecular weight is 525 g/mol. The Morgan fingerprint density at radius 2 is 1.59 bits per heavy atom. The van der Waals surface area contributed by atoms with E-state index in [0.29, 0.717) is 26.2 Å². The molecule has 0 radical (unpaired) electrons. The third-order valence-corrected chi connectivity index (χ3v) is 5.89. The zero-order chi connectivity index (χ0) is 25.0. The lowest BCUT2D eigenvalue weighted by atomic mass is 10.0. The monoisotopic (exact) mass is 523 g/mol. The van der Waals surface area contributed by atoms with E-state index in [-0.39, 0.29) is 17.2 Å². The molecule has 1 amide bonds. The van der Waals surface area contributed by atoms with Crippen molar-refractivity contribution in [2.24, 2.45) is 5.92 Å². The standard InChI is InChI=1S/C25H21Cl3FNO4/c1-13(2)22(25(32)33)30-24(31)15-5-10-21(20(29)11-15)34-23(14-3-6-16(26)7-4-14)18-9-8-17(27)12-19(18)28/h3-13,22-23H,1-2H3,(H,30,31)(H,32,33). The SMILES string of the molecule is CC(C)C(NC(=O)c1ccc(OC(c2ccc(Cl)cc2)c2ccc(Cl)cc2Cl)c(F)c1)C(=O)O. The highest BCUT2D eigenvalue weighted by molar-refractivity contribution is 6.35. The summed E-state index contributed by atoms with van der Waals surface area (Å²) in [7, 11) is 0. The van der Waals surface area contributed by atoms with Gasteiger partial charge < -0.3 is 15.2 Å². The minimum absolute atomic E-state index is 0.0377. The second-order valence-electron chi connectivity index (χ2n) is 7.89. The highest BCUT2D eigenvalue weighted by Gasteiger charge is 2.25. The molecule has 3 aromatic rings. The van der Waals surface area contributed by atoms with Crippen molar-refractivity contribution in [2.75, 3.05) is 0 Å². The molecule has 0 spiro atoms. The molecule has 2 N–H and O–H groups in total. The molecule has 0 aliphatic heterocycles. The number of carboxylic acid groups (broad SMARTS) is 1. The largest absolute Gasteiger partial charge is 0.480 e. The molecule has 0 aromatic heterocycles. The Morgan fingerprint density at radius 3 is 2.15 bits per heavy atom. The Kier molecular flexibility index (Phi) is 8.42. The van der Waals surface area contributed by atoms with Gasteiger partial charge in [-0.05, 0) is 53.9 Å². The van der Waals surface area contributed by atoms with Crippen LogP contribution >= 0.6 is 34.8 Å². The predicted octanol–water partition coefficient (Wildman–Crippen LogP) is 6.79.